The quantitative estimate of drug-likeness (QED) is 0.334. The van der Waals surface area contributed by atoms with Gasteiger partial charge in [0.15, 0.2) is 0 Å². The lowest BCUT2D eigenvalue weighted by atomic mass is 10.1. The van der Waals surface area contributed by atoms with Crippen LogP contribution in [0.4, 0.5) is 21.9 Å². The van der Waals surface area contributed by atoms with E-state index in [9.17, 15) is 14.9 Å². The van der Waals surface area contributed by atoms with Crippen molar-refractivity contribution in [3.8, 4) is 17.6 Å². The summed E-state index contributed by atoms with van der Waals surface area (Å²) in [5.74, 6) is 0.750. The number of urea groups is 1. The number of primary amides is 1. The molecule has 4 aromatic rings. The number of benzene rings is 2. The van der Waals surface area contributed by atoms with Crippen molar-refractivity contribution in [3.05, 3.63) is 78.1 Å². The molecule has 170 valence electrons. The number of amides is 3. The van der Waals surface area contributed by atoms with Gasteiger partial charge in [0.1, 0.15) is 17.6 Å². The zero-order valence-electron chi connectivity index (χ0n) is 18.2. The second kappa shape index (κ2) is 9.62. The predicted molar refractivity (Wildman–Crippen MR) is 127 cm³/mol. The molecule has 0 atom stereocenters. The van der Waals surface area contributed by atoms with Crippen molar-refractivity contribution in [1.29, 1.82) is 5.26 Å². The van der Waals surface area contributed by atoms with Gasteiger partial charge in [0.05, 0.1) is 41.4 Å². The number of hydrogen-bond donors (Lipinski definition) is 4. The highest BCUT2D eigenvalue weighted by Crippen LogP contribution is 2.33. The van der Waals surface area contributed by atoms with E-state index >= 15 is 0 Å². The number of fused-ring (bicyclic) bond motifs is 1. The van der Waals surface area contributed by atoms with Gasteiger partial charge in [0, 0.05) is 11.3 Å². The highest BCUT2D eigenvalue weighted by Gasteiger charge is 2.17. The molecule has 3 amide bonds. The van der Waals surface area contributed by atoms with Crippen LogP contribution in [0, 0.1) is 18.3 Å². The molecule has 0 bridgehead atoms. The highest BCUT2D eigenvalue weighted by atomic mass is 16.5. The van der Waals surface area contributed by atoms with Gasteiger partial charge in [0.25, 0.3) is 0 Å². The topological polar surface area (TPSA) is 147 Å². The van der Waals surface area contributed by atoms with Gasteiger partial charge in [-0.05, 0) is 43.3 Å². The van der Waals surface area contributed by atoms with Crippen molar-refractivity contribution in [1.82, 2.24) is 14.9 Å². The molecule has 10 heteroatoms. The summed E-state index contributed by atoms with van der Waals surface area (Å²) in [5, 5.41) is 22.2. The van der Waals surface area contributed by atoms with Gasteiger partial charge in [-0.2, -0.15) is 10.4 Å². The van der Waals surface area contributed by atoms with Crippen molar-refractivity contribution in [3.63, 3.8) is 0 Å². The molecule has 4 rings (SSSR count). The van der Waals surface area contributed by atoms with Gasteiger partial charge in [-0.15, -0.1) is 0 Å². The Bertz CT molecular complexity index is 1390. The minimum atomic E-state index is -0.652. The Morgan fingerprint density at radius 3 is 2.50 bits per heavy atom. The van der Waals surface area contributed by atoms with E-state index in [2.05, 4.69) is 27.1 Å². The summed E-state index contributed by atoms with van der Waals surface area (Å²) in [6, 6.07) is 18.3. The number of aryl methyl sites for hydroxylation is 1. The lowest BCUT2D eigenvalue weighted by Crippen LogP contribution is -2.36. The third-order valence-corrected chi connectivity index (χ3v) is 4.95. The maximum atomic E-state index is 12.1. The van der Waals surface area contributed by atoms with Crippen LogP contribution < -0.4 is 26.4 Å². The van der Waals surface area contributed by atoms with Crippen molar-refractivity contribution < 1.29 is 14.3 Å². The Balaban J connectivity index is 1.60. The summed E-state index contributed by atoms with van der Waals surface area (Å²) >= 11 is 0. The van der Waals surface area contributed by atoms with Crippen LogP contribution in [0.2, 0.25) is 0 Å². The van der Waals surface area contributed by atoms with E-state index in [4.69, 9.17) is 10.5 Å². The van der Waals surface area contributed by atoms with E-state index in [1.165, 1.54) is 6.20 Å². The van der Waals surface area contributed by atoms with Crippen LogP contribution in [-0.2, 0) is 4.79 Å². The fourth-order valence-electron chi connectivity index (χ4n) is 3.33. The number of anilines is 3. The number of hydrogen-bond acceptors (Lipinski definition) is 6. The lowest BCUT2D eigenvalue weighted by molar-refractivity contribution is -0.117. The number of nitriles is 1. The molecule has 34 heavy (non-hydrogen) atoms. The average molecular weight is 455 g/mol. The van der Waals surface area contributed by atoms with Gasteiger partial charge in [-0.25, -0.2) is 9.31 Å². The first-order chi connectivity index (χ1) is 16.4. The number of nitrogens with zero attached hydrogens (tertiary/aromatic N) is 3. The summed E-state index contributed by atoms with van der Waals surface area (Å²) in [6.07, 6.45) is 3.07. The molecule has 0 radical (unpaired) electrons. The maximum Gasteiger partial charge on any atom is 0.319 e. The average Bonchev–Trinajstić information content (AvgIpc) is 3.15. The van der Waals surface area contributed by atoms with Gasteiger partial charge in [0.2, 0.25) is 5.91 Å². The first-order valence-electron chi connectivity index (χ1n) is 10.3. The van der Waals surface area contributed by atoms with Crippen molar-refractivity contribution >= 4 is 34.5 Å². The SMILES string of the molecule is Cc1c(NC(=O)NCC(N)=O)cn2ncc(C#N)c(Nc3ccc(Oc4ccccc4)cc3)c12. The van der Waals surface area contributed by atoms with Crippen molar-refractivity contribution in [2.24, 2.45) is 5.73 Å². The second-order valence-electron chi connectivity index (χ2n) is 7.34. The number of ether oxygens (including phenoxy) is 1. The number of aromatic nitrogens is 2. The van der Waals surface area contributed by atoms with E-state index in [0.29, 0.717) is 33.8 Å². The smallest absolute Gasteiger partial charge is 0.319 e. The highest BCUT2D eigenvalue weighted by molar-refractivity contribution is 5.96. The number of carbonyl (C=O) groups excluding carboxylic acids is 2. The summed E-state index contributed by atoms with van der Waals surface area (Å²) in [4.78, 5) is 23.0. The van der Waals surface area contributed by atoms with Crippen LogP contribution in [0.25, 0.3) is 5.52 Å². The van der Waals surface area contributed by atoms with Crippen LogP contribution >= 0.6 is 0 Å². The third kappa shape index (κ3) is 4.89. The van der Waals surface area contributed by atoms with E-state index in [0.717, 1.165) is 11.4 Å². The van der Waals surface area contributed by atoms with E-state index in [-0.39, 0.29) is 6.54 Å². The molecule has 0 saturated heterocycles. The second-order valence-corrected chi connectivity index (χ2v) is 7.34. The normalized spacial score (nSPS) is 10.4. The van der Waals surface area contributed by atoms with E-state index in [1.54, 1.807) is 17.6 Å². The van der Waals surface area contributed by atoms with Crippen LogP contribution in [-0.4, -0.2) is 28.1 Å². The van der Waals surface area contributed by atoms with Gasteiger partial charge >= 0.3 is 6.03 Å². The number of para-hydroxylation sites is 1. The number of nitrogens with two attached hydrogens (primary N) is 1. The fourth-order valence-corrected chi connectivity index (χ4v) is 3.33. The zero-order chi connectivity index (χ0) is 24.1. The molecule has 0 aliphatic rings. The predicted octanol–water partition coefficient (Wildman–Crippen LogP) is 3.66. The Kier molecular flexibility index (Phi) is 6.27. The maximum absolute atomic E-state index is 12.1. The molecular weight excluding hydrogens is 434 g/mol. The standard InChI is InChI=1S/C24H21N7O3/c1-15-20(30-24(33)27-13-21(26)32)14-31-23(15)22(16(11-25)12-28-31)29-17-7-9-19(10-8-17)34-18-5-3-2-4-6-18/h2-10,12,14,29H,13H2,1H3,(H2,26,32)(H2,27,30,33). The summed E-state index contributed by atoms with van der Waals surface area (Å²) in [6.45, 7) is 1.51. The van der Waals surface area contributed by atoms with Gasteiger partial charge in [-0.3, -0.25) is 4.79 Å². The monoisotopic (exact) mass is 455 g/mol. The summed E-state index contributed by atoms with van der Waals surface area (Å²) in [7, 11) is 0. The number of rotatable bonds is 7. The molecule has 5 N–H and O–H groups in total. The minimum Gasteiger partial charge on any atom is -0.457 e. The molecule has 2 aromatic carbocycles. The third-order valence-electron chi connectivity index (χ3n) is 4.95. The molecule has 0 fully saturated rings. The summed E-state index contributed by atoms with van der Waals surface area (Å²) in [5.41, 5.74) is 8.44. The first kappa shape index (κ1) is 22.2. The van der Waals surface area contributed by atoms with Crippen LogP contribution in [0.3, 0.4) is 0 Å². The van der Waals surface area contributed by atoms with Crippen molar-refractivity contribution in [2.45, 2.75) is 6.92 Å². The first-order valence-corrected chi connectivity index (χ1v) is 10.3. The van der Waals surface area contributed by atoms with Crippen LogP contribution in [0.1, 0.15) is 11.1 Å². The van der Waals surface area contributed by atoms with E-state index in [1.807, 2.05) is 54.6 Å². The lowest BCUT2D eigenvalue weighted by Gasteiger charge is -2.12. The molecule has 2 aromatic heterocycles. The molecule has 0 spiro atoms. The Hall–Kier alpha value is -5.04. The van der Waals surface area contributed by atoms with Gasteiger partial charge in [-0.1, -0.05) is 18.2 Å². The molecule has 2 heterocycles. The Morgan fingerprint density at radius 2 is 1.82 bits per heavy atom. The largest absolute Gasteiger partial charge is 0.457 e. The zero-order valence-corrected chi connectivity index (χ0v) is 18.2. The van der Waals surface area contributed by atoms with Crippen LogP contribution in [0.15, 0.2) is 67.0 Å². The molecule has 0 unspecified atom stereocenters. The molecule has 0 aliphatic heterocycles. The van der Waals surface area contributed by atoms with E-state index < -0.39 is 11.9 Å². The Labute approximate surface area is 194 Å². The van der Waals surface area contributed by atoms with Gasteiger partial charge < -0.3 is 26.4 Å². The summed E-state index contributed by atoms with van der Waals surface area (Å²) < 4.78 is 7.39. The molecule has 10 nitrogen and oxygen atoms in total. The molecule has 0 saturated carbocycles. The minimum absolute atomic E-state index is 0.286. The van der Waals surface area contributed by atoms with Crippen molar-refractivity contribution in [2.75, 3.05) is 17.2 Å². The molecular formula is C24H21N7O3. The van der Waals surface area contributed by atoms with Crippen LogP contribution in [0.5, 0.6) is 11.5 Å². The fraction of sp³-hybridized carbons (Fsp3) is 0.0833. The number of nitrogens with one attached hydrogen (secondary N) is 3. The molecule has 0 aliphatic carbocycles. The Morgan fingerprint density at radius 1 is 1.12 bits per heavy atom. The number of carbonyl (C=O) groups is 2.